The molecule has 1 aliphatic heterocycles. The number of pyridine rings is 1. The van der Waals surface area contributed by atoms with Gasteiger partial charge in [0.1, 0.15) is 0 Å². The quantitative estimate of drug-likeness (QED) is 0.575. The predicted molar refractivity (Wildman–Crippen MR) is 106 cm³/mol. The number of anilines is 2. The highest BCUT2D eigenvalue weighted by molar-refractivity contribution is 5.86. The molecule has 1 saturated carbocycles. The second-order valence-corrected chi connectivity index (χ2v) is 7.29. The van der Waals surface area contributed by atoms with Crippen LogP contribution in [0.1, 0.15) is 35.6 Å². The smallest absolute Gasteiger partial charge is 0.160 e. The van der Waals surface area contributed by atoms with Crippen LogP contribution in [0.3, 0.4) is 0 Å². The summed E-state index contributed by atoms with van der Waals surface area (Å²) in [4.78, 5) is 8.86. The van der Waals surface area contributed by atoms with Crippen molar-refractivity contribution in [1.29, 1.82) is 0 Å². The average molecular weight is 354 g/mol. The van der Waals surface area contributed by atoms with Crippen LogP contribution in [0.2, 0.25) is 0 Å². The van der Waals surface area contributed by atoms with Crippen LogP contribution >= 0.6 is 0 Å². The van der Waals surface area contributed by atoms with Gasteiger partial charge < -0.3 is 9.72 Å². The molecule has 1 fully saturated rings. The summed E-state index contributed by atoms with van der Waals surface area (Å²) in [5.74, 6) is 1.49. The summed E-state index contributed by atoms with van der Waals surface area (Å²) >= 11 is 0. The van der Waals surface area contributed by atoms with Crippen molar-refractivity contribution in [3.8, 4) is 11.1 Å². The Morgan fingerprint density at radius 1 is 1.11 bits per heavy atom. The van der Waals surface area contributed by atoms with Gasteiger partial charge in [-0.2, -0.15) is 5.10 Å². The molecule has 0 amide bonds. The van der Waals surface area contributed by atoms with Crippen LogP contribution in [0.25, 0.3) is 16.8 Å². The maximum absolute atomic E-state index is 4.50. The molecule has 2 aliphatic rings. The fraction of sp³-hybridized carbons (Fsp3) is 0.190. The first kappa shape index (κ1) is 14.7. The first-order chi connectivity index (χ1) is 13.3. The Hall–Kier alpha value is -3.41. The predicted octanol–water partition coefficient (Wildman–Crippen LogP) is 4.28. The lowest BCUT2D eigenvalue weighted by atomic mass is 10.0. The molecular weight excluding hydrogens is 336 g/mol. The van der Waals surface area contributed by atoms with E-state index in [0.717, 1.165) is 29.3 Å². The summed E-state index contributed by atoms with van der Waals surface area (Å²) in [5.41, 5.74) is 7.85. The molecule has 0 bridgehead atoms. The zero-order valence-corrected chi connectivity index (χ0v) is 14.7. The molecule has 6 rings (SSSR count). The number of H-pyrrole nitrogens is 1. The Morgan fingerprint density at radius 2 is 2.07 bits per heavy atom. The molecular formula is C21H18N6. The second-order valence-electron chi connectivity index (χ2n) is 7.29. The number of hydrogen-bond donors (Lipinski definition) is 2. The topological polar surface area (TPSA) is 70.4 Å². The van der Waals surface area contributed by atoms with E-state index in [1.165, 1.54) is 35.2 Å². The van der Waals surface area contributed by atoms with Gasteiger partial charge in [0.15, 0.2) is 11.5 Å². The number of aromatic amines is 1. The highest BCUT2D eigenvalue weighted by Crippen LogP contribution is 2.40. The van der Waals surface area contributed by atoms with Crippen molar-refractivity contribution in [3.63, 3.8) is 0 Å². The van der Waals surface area contributed by atoms with Crippen LogP contribution < -0.4 is 5.32 Å². The molecule has 4 heterocycles. The lowest BCUT2D eigenvalue weighted by Gasteiger charge is -2.10. The molecule has 1 aliphatic carbocycles. The summed E-state index contributed by atoms with van der Waals surface area (Å²) in [5, 5.41) is 11.0. The second kappa shape index (κ2) is 5.54. The van der Waals surface area contributed by atoms with Crippen LogP contribution in [-0.4, -0.2) is 25.8 Å². The lowest BCUT2D eigenvalue weighted by molar-refractivity contribution is 0.967. The van der Waals surface area contributed by atoms with Gasteiger partial charge in [0, 0.05) is 48.0 Å². The van der Waals surface area contributed by atoms with Crippen molar-refractivity contribution < 1.29 is 0 Å². The van der Waals surface area contributed by atoms with Crippen molar-refractivity contribution in [2.75, 3.05) is 5.32 Å². The summed E-state index contributed by atoms with van der Waals surface area (Å²) in [6.45, 7) is 0.763. The number of benzene rings is 1. The Bertz CT molecular complexity index is 1190. The normalized spacial score (nSPS) is 15.4. The number of rotatable bonds is 4. The standard InChI is InChI=1S/C21H18N6/c1-2-13(1)18-9-20(26-25-18)24-19-8-17(12-27-6-5-23-21(19)27)14-3-4-15-10-22-11-16(15)7-14/h3-10,12-13H,1-2,11H2,(H2,24,25,26). The lowest BCUT2D eigenvalue weighted by Crippen LogP contribution is -1.97. The summed E-state index contributed by atoms with van der Waals surface area (Å²) in [6.07, 6.45) is 10.4. The maximum atomic E-state index is 4.50. The van der Waals surface area contributed by atoms with Gasteiger partial charge in [-0.25, -0.2) is 4.98 Å². The molecule has 0 spiro atoms. The van der Waals surface area contributed by atoms with Crippen molar-refractivity contribution in [3.05, 3.63) is 65.7 Å². The van der Waals surface area contributed by atoms with E-state index in [1.807, 2.05) is 18.6 Å². The van der Waals surface area contributed by atoms with E-state index in [2.05, 4.69) is 66.4 Å². The molecule has 27 heavy (non-hydrogen) atoms. The number of aromatic nitrogens is 4. The number of nitrogens with one attached hydrogen (secondary N) is 2. The summed E-state index contributed by atoms with van der Waals surface area (Å²) in [7, 11) is 0. The first-order valence-corrected chi connectivity index (χ1v) is 9.26. The minimum absolute atomic E-state index is 0.652. The molecule has 132 valence electrons. The Labute approximate surface area is 156 Å². The van der Waals surface area contributed by atoms with Gasteiger partial charge in [0.2, 0.25) is 0 Å². The van der Waals surface area contributed by atoms with Crippen molar-refractivity contribution >= 4 is 23.4 Å². The zero-order chi connectivity index (χ0) is 17.8. The van der Waals surface area contributed by atoms with Crippen LogP contribution in [0.4, 0.5) is 11.5 Å². The van der Waals surface area contributed by atoms with Crippen LogP contribution in [0, 0.1) is 0 Å². The van der Waals surface area contributed by atoms with Gasteiger partial charge in [-0.15, -0.1) is 0 Å². The van der Waals surface area contributed by atoms with Gasteiger partial charge in [-0.1, -0.05) is 12.1 Å². The highest BCUT2D eigenvalue weighted by atomic mass is 15.2. The van der Waals surface area contributed by atoms with Crippen LogP contribution in [0.5, 0.6) is 0 Å². The van der Waals surface area contributed by atoms with E-state index in [-0.39, 0.29) is 0 Å². The van der Waals surface area contributed by atoms with Gasteiger partial charge in [0.25, 0.3) is 0 Å². The van der Waals surface area contributed by atoms with E-state index in [9.17, 15) is 0 Å². The first-order valence-electron chi connectivity index (χ1n) is 9.26. The van der Waals surface area contributed by atoms with Gasteiger partial charge in [-0.3, -0.25) is 10.1 Å². The van der Waals surface area contributed by atoms with E-state index in [0.29, 0.717) is 5.92 Å². The maximum Gasteiger partial charge on any atom is 0.160 e. The fourth-order valence-electron chi connectivity index (χ4n) is 3.72. The molecule has 6 nitrogen and oxygen atoms in total. The Morgan fingerprint density at radius 3 is 3.00 bits per heavy atom. The molecule has 1 aromatic carbocycles. The molecule has 0 saturated heterocycles. The molecule has 3 aromatic heterocycles. The van der Waals surface area contributed by atoms with Gasteiger partial charge >= 0.3 is 0 Å². The van der Waals surface area contributed by atoms with Crippen molar-refractivity contribution in [2.45, 2.75) is 25.3 Å². The highest BCUT2D eigenvalue weighted by Gasteiger charge is 2.25. The number of aliphatic imine (C=N–C) groups is 1. The van der Waals surface area contributed by atoms with Gasteiger partial charge in [0.05, 0.1) is 12.2 Å². The summed E-state index contributed by atoms with van der Waals surface area (Å²) in [6, 6.07) is 10.8. The molecule has 0 radical (unpaired) electrons. The van der Waals surface area contributed by atoms with E-state index >= 15 is 0 Å². The third-order valence-electron chi connectivity index (χ3n) is 5.33. The summed E-state index contributed by atoms with van der Waals surface area (Å²) < 4.78 is 2.05. The van der Waals surface area contributed by atoms with Crippen molar-refractivity contribution in [2.24, 2.45) is 4.99 Å². The van der Waals surface area contributed by atoms with E-state index < -0.39 is 0 Å². The number of imidazole rings is 1. The number of hydrogen-bond acceptors (Lipinski definition) is 4. The van der Waals surface area contributed by atoms with Gasteiger partial charge in [-0.05, 0) is 41.7 Å². The minimum Gasteiger partial charge on any atom is -0.336 e. The third kappa shape index (κ3) is 2.52. The number of nitrogens with zero attached hydrogens (tertiary/aromatic N) is 4. The van der Waals surface area contributed by atoms with Crippen LogP contribution in [0.15, 0.2) is 53.9 Å². The molecule has 2 N–H and O–H groups in total. The number of fused-ring (bicyclic) bond motifs is 2. The monoisotopic (exact) mass is 354 g/mol. The molecule has 6 heteroatoms. The van der Waals surface area contributed by atoms with Crippen molar-refractivity contribution in [1.82, 2.24) is 19.6 Å². The Balaban J connectivity index is 1.41. The fourth-order valence-corrected chi connectivity index (χ4v) is 3.72. The van der Waals surface area contributed by atoms with E-state index in [4.69, 9.17) is 0 Å². The molecule has 4 aromatic rings. The SMILES string of the molecule is C1=NCc2cc(-c3cc(Nc4cc(C5CC5)[nH]n4)c4nccn4c3)ccc21. The molecule has 0 atom stereocenters. The third-order valence-corrected chi connectivity index (χ3v) is 5.33. The van der Waals surface area contributed by atoms with Crippen LogP contribution in [-0.2, 0) is 6.54 Å². The molecule has 0 unspecified atom stereocenters. The zero-order valence-electron chi connectivity index (χ0n) is 14.7. The largest absolute Gasteiger partial charge is 0.336 e. The average Bonchev–Trinajstić information content (AvgIpc) is 3.10. The Kier molecular flexibility index (Phi) is 3.02. The van der Waals surface area contributed by atoms with E-state index in [1.54, 1.807) is 0 Å². The minimum atomic E-state index is 0.652.